The Balaban J connectivity index is 1.91. The average Bonchev–Trinajstić information content (AvgIpc) is 2.52. The van der Waals surface area contributed by atoms with Crippen LogP contribution in [-0.2, 0) is 9.53 Å². The molecule has 1 saturated heterocycles. The molecule has 0 aliphatic carbocycles. The molecule has 0 radical (unpaired) electrons. The first-order valence-electron chi connectivity index (χ1n) is 7.20. The minimum atomic E-state index is -0.619. The van der Waals surface area contributed by atoms with Crippen LogP contribution in [0.5, 0.6) is 0 Å². The van der Waals surface area contributed by atoms with Gasteiger partial charge in [0.1, 0.15) is 5.15 Å². The molecule has 0 saturated carbocycles. The number of hydrogen-bond acceptors (Lipinski definition) is 4. The van der Waals surface area contributed by atoms with E-state index < -0.39 is 5.97 Å². The second-order valence-corrected chi connectivity index (χ2v) is 5.42. The Morgan fingerprint density at radius 2 is 2.29 bits per heavy atom. The molecule has 0 aromatic carbocycles. The Morgan fingerprint density at radius 3 is 3.00 bits per heavy atom. The highest BCUT2D eigenvalue weighted by molar-refractivity contribution is 6.32. The Kier molecular flexibility index (Phi) is 5.56. The van der Waals surface area contributed by atoms with Gasteiger partial charge in [0.2, 0.25) is 0 Å². The van der Waals surface area contributed by atoms with Gasteiger partial charge >= 0.3 is 5.97 Å². The Hall–Kier alpha value is -1.62. The van der Waals surface area contributed by atoms with E-state index in [-0.39, 0.29) is 29.3 Å². The molecule has 0 N–H and O–H groups in total. The van der Waals surface area contributed by atoms with Crippen LogP contribution in [0, 0.1) is 0 Å². The fourth-order valence-electron chi connectivity index (χ4n) is 2.58. The van der Waals surface area contributed by atoms with Crippen molar-refractivity contribution in [2.45, 2.75) is 38.6 Å². The topological polar surface area (TPSA) is 59.5 Å². The molecule has 6 heteroatoms. The van der Waals surface area contributed by atoms with Crippen molar-refractivity contribution in [3.05, 3.63) is 29.0 Å². The molecular weight excluding hydrogens is 292 g/mol. The molecule has 2 rings (SSSR count). The number of rotatable bonds is 4. The molecule has 5 nitrogen and oxygen atoms in total. The number of esters is 1. The monoisotopic (exact) mass is 310 g/mol. The van der Waals surface area contributed by atoms with Gasteiger partial charge in [0, 0.05) is 18.8 Å². The number of amides is 1. The Labute approximate surface area is 129 Å². The lowest BCUT2D eigenvalue weighted by atomic mass is 10.00. The molecular formula is C15H19ClN2O3. The third-order valence-electron chi connectivity index (χ3n) is 3.72. The number of pyridine rings is 1. The smallest absolute Gasteiger partial charge is 0.341 e. The normalized spacial score (nSPS) is 18.4. The van der Waals surface area contributed by atoms with Crippen LogP contribution in [-0.4, -0.2) is 41.0 Å². The summed E-state index contributed by atoms with van der Waals surface area (Å²) in [5.41, 5.74) is 0.178. The van der Waals surface area contributed by atoms with E-state index in [1.54, 1.807) is 6.07 Å². The molecule has 0 unspecified atom stereocenters. The number of likely N-dealkylation sites (tertiary alicyclic amines) is 1. The molecule has 1 aliphatic heterocycles. The van der Waals surface area contributed by atoms with E-state index >= 15 is 0 Å². The first-order chi connectivity index (χ1) is 10.1. The van der Waals surface area contributed by atoms with Gasteiger partial charge in [0.05, 0.1) is 5.56 Å². The maximum Gasteiger partial charge on any atom is 0.341 e. The third kappa shape index (κ3) is 3.94. The lowest BCUT2D eigenvalue weighted by Gasteiger charge is -2.35. The van der Waals surface area contributed by atoms with Crippen molar-refractivity contribution >= 4 is 23.5 Å². The lowest BCUT2D eigenvalue weighted by molar-refractivity contribution is -0.138. The standard InChI is InChI=1S/C15H19ClN2O3/c1-2-11-6-3-4-9-18(11)13(19)10-21-15(20)12-7-5-8-17-14(12)16/h5,7-8,11H,2-4,6,9-10H2,1H3/t11-/m1/s1. The number of piperidine rings is 1. The fourth-order valence-corrected chi connectivity index (χ4v) is 2.78. The zero-order valence-electron chi connectivity index (χ0n) is 12.0. The molecule has 1 aromatic heterocycles. The number of aromatic nitrogens is 1. The number of hydrogen-bond donors (Lipinski definition) is 0. The van der Waals surface area contributed by atoms with Crippen molar-refractivity contribution in [2.24, 2.45) is 0 Å². The van der Waals surface area contributed by atoms with Gasteiger partial charge in [-0.05, 0) is 37.8 Å². The number of nitrogens with zero attached hydrogens (tertiary/aromatic N) is 2. The van der Waals surface area contributed by atoms with Gasteiger partial charge < -0.3 is 9.64 Å². The van der Waals surface area contributed by atoms with E-state index in [1.165, 1.54) is 12.3 Å². The summed E-state index contributed by atoms with van der Waals surface area (Å²) in [5.74, 6) is -0.763. The number of ether oxygens (including phenoxy) is 1. The predicted octanol–water partition coefficient (Wildman–Crippen LogP) is 2.68. The first-order valence-corrected chi connectivity index (χ1v) is 7.58. The summed E-state index contributed by atoms with van der Waals surface area (Å²) in [6, 6.07) is 3.38. The first kappa shape index (κ1) is 15.8. The van der Waals surface area contributed by atoms with Crippen LogP contribution in [0.25, 0.3) is 0 Å². The maximum absolute atomic E-state index is 12.2. The molecule has 2 heterocycles. The summed E-state index contributed by atoms with van der Waals surface area (Å²) in [4.78, 5) is 29.7. The van der Waals surface area contributed by atoms with Crippen LogP contribution in [0.1, 0.15) is 43.0 Å². The zero-order chi connectivity index (χ0) is 15.2. The van der Waals surface area contributed by atoms with Gasteiger partial charge in [-0.1, -0.05) is 18.5 Å². The second kappa shape index (κ2) is 7.41. The van der Waals surface area contributed by atoms with Gasteiger partial charge in [0.25, 0.3) is 5.91 Å². The largest absolute Gasteiger partial charge is 0.452 e. The van der Waals surface area contributed by atoms with Gasteiger partial charge in [-0.3, -0.25) is 4.79 Å². The number of carbonyl (C=O) groups excluding carboxylic acids is 2. The van der Waals surface area contributed by atoms with Crippen LogP contribution in [0.15, 0.2) is 18.3 Å². The van der Waals surface area contributed by atoms with Gasteiger partial charge in [0.15, 0.2) is 6.61 Å². The third-order valence-corrected chi connectivity index (χ3v) is 4.03. The fraction of sp³-hybridized carbons (Fsp3) is 0.533. The molecule has 1 fully saturated rings. The van der Waals surface area contributed by atoms with E-state index in [9.17, 15) is 9.59 Å². The summed E-state index contributed by atoms with van der Waals surface area (Å²) < 4.78 is 5.06. The van der Waals surface area contributed by atoms with Crippen LogP contribution in [0.3, 0.4) is 0 Å². The van der Waals surface area contributed by atoms with Crippen LogP contribution in [0.4, 0.5) is 0 Å². The molecule has 0 spiro atoms. The summed E-state index contributed by atoms with van der Waals surface area (Å²) in [6.07, 6.45) is 5.58. The van der Waals surface area contributed by atoms with Crippen molar-refractivity contribution in [1.29, 1.82) is 0 Å². The average molecular weight is 311 g/mol. The quantitative estimate of drug-likeness (QED) is 0.633. The number of halogens is 1. The van der Waals surface area contributed by atoms with Crippen molar-refractivity contribution in [3.8, 4) is 0 Å². The van der Waals surface area contributed by atoms with Crippen LogP contribution >= 0.6 is 11.6 Å². The minimum absolute atomic E-state index is 0.0827. The zero-order valence-corrected chi connectivity index (χ0v) is 12.8. The summed E-state index contributed by atoms with van der Waals surface area (Å²) >= 11 is 5.82. The highest BCUT2D eigenvalue weighted by atomic mass is 35.5. The van der Waals surface area contributed by atoms with Gasteiger partial charge in [-0.25, -0.2) is 9.78 Å². The van der Waals surface area contributed by atoms with Crippen molar-refractivity contribution in [3.63, 3.8) is 0 Å². The minimum Gasteiger partial charge on any atom is -0.452 e. The van der Waals surface area contributed by atoms with Crippen molar-refractivity contribution < 1.29 is 14.3 Å². The van der Waals surface area contributed by atoms with E-state index in [1.807, 2.05) is 4.90 Å². The van der Waals surface area contributed by atoms with E-state index in [2.05, 4.69) is 11.9 Å². The van der Waals surface area contributed by atoms with Crippen molar-refractivity contribution in [1.82, 2.24) is 9.88 Å². The molecule has 1 atom stereocenters. The SMILES string of the molecule is CC[C@@H]1CCCCN1C(=O)COC(=O)c1cccnc1Cl. The lowest BCUT2D eigenvalue weighted by Crippen LogP contribution is -2.45. The molecule has 1 amide bonds. The van der Waals surface area contributed by atoms with Crippen LogP contribution < -0.4 is 0 Å². The van der Waals surface area contributed by atoms with Crippen molar-refractivity contribution in [2.75, 3.05) is 13.2 Å². The molecule has 21 heavy (non-hydrogen) atoms. The summed E-state index contributed by atoms with van der Waals surface area (Å²) in [7, 11) is 0. The molecule has 0 bridgehead atoms. The Morgan fingerprint density at radius 1 is 1.48 bits per heavy atom. The summed E-state index contributed by atoms with van der Waals surface area (Å²) in [6.45, 7) is 2.56. The van der Waals surface area contributed by atoms with Crippen LogP contribution in [0.2, 0.25) is 5.15 Å². The van der Waals surface area contributed by atoms with Gasteiger partial charge in [-0.2, -0.15) is 0 Å². The molecule has 114 valence electrons. The number of carbonyl (C=O) groups is 2. The van der Waals surface area contributed by atoms with Gasteiger partial charge in [-0.15, -0.1) is 0 Å². The van der Waals surface area contributed by atoms with E-state index in [0.717, 1.165) is 32.2 Å². The second-order valence-electron chi connectivity index (χ2n) is 5.06. The maximum atomic E-state index is 12.2. The summed E-state index contributed by atoms with van der Waals surface area (Å²) in [5, 5.41) is 0.0827. The van der Waals surface area contributed by atoms with E-state index in [0.29, 0.717) is 0 Å². The highest BCUT2D eigenvalue weighted by Crippen LogP contribution is 2.20. The molecule has 1 aliphatic rings. The Bertz CT molecular complexity index is 521. The predicted molar refractivity (Wildman–Crippen MR) is 79.2 cm³/mol. The van der Waals surface area contributed by atoms with E-state index in [4.69, 9.17) is 16.3 Å². The molecule has 1 aromatic rings. The highest BCUT2D eigenvalue weighted by Gasteiger charge is 2.26.